The molecule has 0 atom stereocenters. The van der Waals surface area contributed by atoms with Crippen molar-refractivity contribution in [3.05, 3.63) is 63.1 Å². The van der Waals surface area contributed by atoms with E-state index in [4.69, 9.17) is 0 Å². The summed E-state index contributed by atoms with van der Waals surface area (Å²) >= 11 is 1.48. The highest BCUT2D eigenvalue weighted by Crippen LogP contribution is 2.25. The van der Waals surface area contributed by atoms with Gasteiger partial charge in [0.05, 0.1) is 17.9 Å². The molecule has 0 unspecified atom stereocenters. The van der Waals surface area contributed by atoms with Crippen LogP contribution in [0.15, 0.2) is 46.7 Å². The number of aromatic amines is 1. The van der Waals surface area contributed by atoms with Gasteiger partial charge >= 0.3 is 0 Å². The Morgan fingerprint density at radius 3 is 3.04 bits per heavy atom. The van der Waals surface area contributed by atoms with Crippen LogP contribution in [0.3, 0.4) is 0 Å². The first-order valence-corrected chi connectivity index (χ1v) is 9.19. The Balaban J connectivity index is 1.50. The molecule has 1 amide bonds. The summed E-state index contributed by atoms with van der Waals surface area (Å²) in [6.07, 6.45) is 4.81. The third kappa shape index (κ3) is 3.15. The minimum Gasteiger partial charge on any atom is -0.361 e. The van der Waals surface area contributed by atoms with Crippen molar-refractivity contribution in [3.8, 4) is 0 Å². The predicted octanol–water partition coefficient (Wildman–Crippen LogP) is 2.71. The SMILES string of the molecule is Cc1sc2ncn(CC(=O)N/N=C/c3c[nH]c4ccccc34)c(=O)c2c1C. The summed E-state index contributed by atoms with van der Waals surface area (Å²) in [6, 6.07) is 7.83. The molecule has 0 aliphatic carbocycles. The number of hydrazone groups is 1. The summed E-state index contributed by atoms with van der Waals surface area (Å²) in [6.45, 7) is 3.71. The van der Waals surface area contributed by atoms with Crippen LogP contribution in [-0.2, 0) is 11.3 Å². The normalized spacial score (nSPS) is 11.6. The van der Waals surface area contributed by atoms with Crippen LogP contribution in [0.25, 0.3) is 21.1 Å². The number of hydrogen-bond donors (Lipinski definition) is 2. The molecule has 0 bridgehead atoms. The number of nitrogens with zero attached hydrogens (tertiary/aromatic N) is 3. The van der Waals surface area contributed by atoms with Crippen LogP contribution >= 0.6 is 11.3 Å². The molecule has 0 spiro atoms. The number of nitrogens with one attached hydrogen (secondary N) is 2. The molecule has 4 rings (SSSR count). The third-order valence-corrected chi connectivity index (χ3v) is 5.60. The Kier molecular flexibility index (Phi) is 4.33. The van der Waals surface area contributed by atoms with Crippen molar-refractivity contribution < 1.29 is 4.79 Å². The number of para-hydroxylation sites is 1. The molecule has 27 heavy (non-hydrogen) atoms. The number of hydrogen-bond acceptors (Lipinski definition) is 5. The van der Waals surface area contributed by atoms with Crippen LogP contribution in [-0.4, -0.2) is 26.7 Å². The van der Waals surface area contributed by atoms with Crippen molar-refractivity contribution in [2.75, 3.05) is 0 Å². The molecule has 0 aliphatic heterocycles. The average molecular weight is 379 g/mol. The van der Waals surface area contributed by atoms with Crippen molar-refractivity contribution in [1.82, 2.24) is 20.0 Å². The Labute approximate surface area is 158 Å². The topological polar surface area (TPSA) is 92.1 Å². The molecule has 0 saturated heterocycles. The minimum absolute atomic E-state index is 0.138. The van der Waals surface area contributed by atoms with E-state index in [1.54, 1.807) is 6.21 Å². The molecule has 0 saturated carbocycles. The number of aromatic nitrogens is 3. The smallest absolute Gasteiger partial charge is 0.262 e. The van der Waals surface area contributed by atoms with Gasteiger partial charge in [-0.3, -0.25) is 14.2 Å². The van der Waals surface area contributed by atoms with Gasteiger partial charge in [0.25, 0.3) is 11.5 Å². The van der Waals surface area contributed by atoms with Gasteiger partial charge in [0.15, 0.2) is 0 Å². The van der Waals surface area contributed by atoms with Gasteiger partial charge in [-0.25, -0.2) is 10.4 Å². The van der Waals surface area contributed by atoms with E-state index in [-0.39, 0.29) is 18.0 Å². The Bertz CT molecular complexity index is 1250. The zero-order chi connectivity index (χ0) is 19.0. The number of fused-ring (bicyclic) bond motifs is 2. The number of aryl methyl sites for hydroxylation is 2. The lowest BCUT2D eigenvalue weighted by molar-refractivity contribution is -0.121. The van der Waals surface area contributed by atoms with Crippen molar-refractivity contribution in [2.24, 2.45) is 5.10 Å². The number of carbonyl (C=O) groups excluding carboxylic acids is 1. The lowest BCUT2D eigenvalue weighted by atomic mass is 10.2. The monoisotopic (exact) mass is 379 g/mol. The molecule has 136 valence electrons. The van der Waals surface area contributed by atoms with E-state index in [9.17, 15) is 9.59 Å². The second-order valence-corrected chi connectivity index (χ2v) is 7.43. The fourth-order valence-corrected chi connectivity index (χ4v) is 3.93. The first kappa shape index (κ1) is 17.2. The van der Waals surface area contributed by atoms with E-state index in [0.717, 1.165) is 26.9 Å². The second-order valence-electron chi connectivity index (χ2n) is 6.22. The Hall–Kier alpha value is -3.26. The molecule has 0 radical (unpaired) electrons. The summed E-state index contributed by atoms with van der Waals surface area (Å²) in [5.74, 6) is -0.390. The maximum absolute atomic E-state index is 12.6. The summed E-state index contributed by atoms with van der Waals surface area (Å²) in [7, 11) is 0. The second kappa shape index (κ2) is 6.81. The van der Waals surface area contributed by atoms with E-state index in [1.807, 2.05) is 44.3 Å². The highest BCUT2D eigenvalue weighted by atomic mass is 32.1. The van der Waals surface area contributed by atoms with E-state index in [2.05, 4.69) is 20.5 Å². The summed E-state index contributed by atoms with van der Waals surface area (Å²) in [4.78, 5) is 34.0. The lowest BCUT2D eigenvalue weighted by Crippen LogP contribution is -2.30. The van der Waals surface area contributed by atoms with Gasteiger partial charge in [0.2, 0.25) is 0 Å². The molecular weight excluding hydrogens is 362 g/mol. The molecule has 7 nitrogen and oxygen atoms in total. The van der Waals surface area contributed by atoms with Gasteiger partial charge in [0, 0.05) is 27.5 Å². The molecule has 3 aromatic heterocycles. The highest BCUT2D eigenvalue weighted by molar-refractivity contribution is 7.18. The maximum Gasteiger partial charge on any atom is 0.262 e. The van der Waals surface area contributed by atoms with E-state index >= 15 is 0 Å². The molecule has 0 fully saturated rings. The molecule has 2 N–H and O–H groups in total. The van der Waals surface area contributed by atoms with Gasteiger partial charge in [-0.05, 0) is 25.5 Å². The number of thiophene rings is 1. The van der Waals surface area contributed by atoms with Crippen LogP contribution in [0.4, 0.5) is 0 Å². The summed E-state index contributed by atoms with van der Waals surface area (Å²) < 4.78 is 1.30. The Morgan fingerprint density at radius 1 is 1.37 bits per heavy atom. The van der Waals surface area contributed by atoms with Gasteiger partial charge < -0.3 is 4.98 Å². The van der Waals surface area contributed by atoms with Crippen LogP contribution in [0.2, 0.25) is 0 Å². The van der Waals surface area contributed by atoms with Crippen LogP contribution in [0.1, 0.15) is 16.0 Å². The largest absolute Gasteiger partial charge is 0.361 e. The highest BCUT2D eigenvalue weighted by Gasteiger charge is 2.13. The molecule has 0 aliphatic rings. The zero-order valence-electron chi connectivity index (χ0n) is 14.8. The molecular formula is C19H17N5O2S. The summed E-state index contributed by atoms with van der Waals surface area (Å²) in [5, 5.41) is 5.59. The Morgan fingerprint density at radius 2 is 2.19 bits per heavy atom. The number of carbonyl (C=O) groups is 1. The van der Waals surface area contributed by atoms with Gasteiger partial charge in [0.1, 0.15) is 11.4 Å². The van der Waals surface area contributed by atoms with Crippen molar-refractivity contribution >= 4 is 44.6 Å². The van der Waals surface area contributed by atoms with Crippen LogP contribution in [0.5, 0.6) is 0 Å². The third-order valence-electron chi connectivity index (χ3n) is 4.48. The summed E-state index contributed by atoms with van der Waals surface area (Å²) in [5.41, 5.74) is 5.04. The quantitative estimate of drug-likeness (QED) is 0.422. The number of rotatable bonds is 4. The molecule has 4 aromatic rings. The molecule has 3 heterocycles. The number of amides is 1. The van der Waals surface area contributed by atoms with Crippen molar-refractivity contribution in [2.45, 2.75) is 20.4 Å². The molecule has 8 heteroatoms. The number of H-pyrrole nitrogens is 1. The van der Waals surface area contributed by atoms with Crippen LogP contribution < -0.4 is 11.0 Å². The number of benzene rings is 1. The van der Waals surface area contributed by atoms with Gasteiger partial charge in [-0.15, -0.1) is 11.3 Å². The first-order chi connectivity index (χ1) is 13.0. The van der Waals surface area contributed by atoms with Gasteiger partial charge in [-0.1, -0.05) is 18.2 Å². The first-order valence-electron chi connectivity index (χ1n) is 8.38. The minimum atomic E-state index is -0.390. The van der Waals surface area contributed by atoms with E-state index < -0.39 is 0 Å². The van der Waals surface area contributed by atoms with Crippen molar-refractivity contribution in [1.29, 1.82) is 0 Å². The maximum atomic E-state index is 12.6. The van der Waals surface area contributed by atoms with E-state index in [0.29, 0.717) is 10.2 Å². The fourth-order valence-electron chi connectivity index (χ4n) is 2.95. The zero-order valence-corrected chi connectivity index (χ0v) is 15.6. The van der Waals surface area contributed by atoms with E-state index in [1.165, 1.54) is 22.2 Å². The lowest BCUT2D eigenvalue weighted by Gasteiger charge is -2.04. The van der Waals surface area contributed by atoms with Crippen molar-refractivity contribution in [3.63, 3.8) is 0 Å². The standard InChI is InChI=1S/C19H17N5O2S/c1-11-12(2)27-18-17(11)19(26)24(10-21-18)9-16(25)23-22-8-13-7-20-15-6-4-3-5-14(13)15/h3-8,10,20H,9H2,1-2H3,(H,23,25)/b22-8+. The predicted molar refractivity (Wildman–Crippen MR) is 107 cm³/mol. The average Bonchev–Trinajstić information content (AvgIpc) is 3.19. The molecule has 1 aromatic carbocycles. The fraction of sp³-hybridized carbons (Fsp3) is 0.158. The van der Waals surface area contributed by atoms with Gasteiger partial charge in [-0.2, -0.15) is 5.10 Å². The van der Waals surface area contributed by atoms with Crippen LogP contribution in [0, 0.1) is 13.8 Å².